The molecule has 0 fully saturated rings. The van der Waals surface area contributed by atoms with Crippen LogP contribution < -0.4 is 5.32 Å². The molecule has 1 N–H and O–H groups in total. The Hall–Kier alpha value is -2.14. The van der Waals surface area contributed by atoms with E-state index in [2.05, 4.69) is 5.32 Å². The molecule has 0 aliphatic carbocycles. The van der Waals surface area contributed by atoms with Gasteiger partial charge in [0.25, 0.3) is 5.69 Å². The van der Waals surface area contributed by atoms with Crippen molar-refractivity contribution in [3.8, 4) is 0 Å². The summed E-state index contributed by atoms with van der Waals surface area (Å²) in [6.45, 7) is 3.17. The predicted octanol–water partition coefficient (Wildman–Crippen LogP) is 2.53. The lowest BCUT2D eigenvalue weighted by atomic mass is 10.1. The fourth-order valence-electron chi connectivity index (χ4n) is 2.07. The minimum absolute atomic E-state index is 0.180. The summed E-state index contributed by atoms with van der Waals surface area (Å²) in [7, 11) is 1.98. The normalized spacial score (nSPS) is 10.6. The summed E-state index contributed by atoms with van der Waals surface area (Å²) in [6.07, 6.45) is 4.04. The molecule has 19 heavy (non-hydrogen) atoms. The number of nitrogens with zero attached hydrogens (tertiary/aromatic N) is 2. The van der Waals surface area contributed by atoms with E-state index in [9.17, 15) is 10.1 Å². The van der Waals surface area contributed by atoms with Gasteiger partial charge in [-0.15, -0.1) is 0 Å². The van der Waals surface area contributed by atoms with Gasteiger partial charge in [-0.2, -0.15) is 0 Å². The Bertz CT molecular complexity index is 590. The molecule has 0 aliphatic heterocycles. The maximum Gasteiger partial charge on any atom is 0.272 e. The minimum atomic E-state index is -0.337. The van der Waals surface area contributed by atoms with E-state index in [1.165, 1.54) is 11.6 Å². The number of hydrogen-bond acceptors (Lipinski definition) is 3. The summed E-state index contributed by atoms with van der Waals surface area (Å²) in [5.74, 6) is 0. The van der Waals surface area contributed by atoms with Crippen LogP contribution in [0.3, 0.4) is 0 Å². The molecule has 1 aromatic heterocycles. The van der Waals surface area contributed by atoms with E-state index < -0.39 is 0 Å². The first-order chi connectivity index (χ1) is 9.08. The van der Waals surface area contributed by atoms with Crippen molar-refractivity contribution in [2.75, 3.05) is 0 Å². The molecule has 1 heterocycles. The van der Waals surface area contributed by atoms with Gasteiger partial charge in [-0.05, 0) is 24.1 Å². The highest BCUT2D eigenvalue weighted by Gasteiger charge is 2.12. The number of nitrogens with one attached hydrogen (secondary N) is 1. The Balaban J connectivity index is 2.00. The quantitative estimate of drug-likeness (QED) is 0.663. The summed E-state index contributed by atoms with van der Waals surface area (Å²) < 4.78 is 2.00. The van der Waals surface area contributed by atoms with Crippen molar-refractivity contribution in [3.05, 3.63) is 63.5 Å². The van der Waals surface area contributed by atoms with Gasteiger partial charge in [-0.1, -0.05) is 12.1 Å². The van der Waals surface area contributed by atoms with Crippen molar-refractivity contribution < 1.29 is 4.92 Å². The van der Waals surface area contributed by atoms with E-state index in [-0.39, 0.29) is 10.6 Å². The molecule has 0 spiro atoms. The number of hydrogen-bond donors (Lipinski definition) is 1. The van der Waals surface area contributed by atoms with Gasteiger partial charge in [-0.25, -0.2) is 0 Å². The molecular weight excluding hydrogens is 242 g/mol. The zero-order valence-electron chi connectivity index (χ0n) is 11.1. The van der Waals surface area contributed by atoms with Gasteiger partial charge in [-0.3, -0.25) is 10.1 Å². The number of aryl methyl sites for hydroxylation is 1. The second-order valence-corrected chi connectivity index (χ2v) is 4.61. The van der Waals surface area contributed by atoms with E-state index in [1.54, 1.807) is 13.0 Å². The molecule has 0 bridgehead atoms. The van der Waals surface area contributed by atoms with Crippen molar-refractivity contribution in [2.24, 2.45) is 7.05 Å². The van der Waals surface area contributed by atoms with E-state index >= 15 is 0 Å². The standard InChI is InChI=1S/C14H17N3O2/c1-11-13(4-3-5-14(11)17(18)19)9-15-8-12-6-7-16(2)10-12/h3-7,10,15H,8-9H2,1-2H3. The van der Waals surface area contributed by atoms with Crippen LogP contribution in [0.4, 0.5) is 5.69 Å². The topological polar surface area (TPSA) is 60.1 Å². The van der Waals surface area contributed by atoms with Crippen molar-refractivity contribution in [1.29, 1.82) is 0 Å². The molecule has 1 aromatic carbocycles. The SMILES string of the molecule is Cc1c(CNCc2ccn(C)c2)cccc1[N+](=O)[O-]. The second kappa shape index (κ2) is 5.67. The first-order valence-corrected chi connectivity index (χ1v) is 6.12. The molecule has 2 rings (SSSR count). The average Bonchev–Trinajstić information content (AvgIpc) is 2.77. The van der Waals surface area contributed by atoms with Gasteiger partial charge in [0.05, 0.1) is 4.92 Å². The van der Waals surface area contributed by atoms with E-state index in [4.69, 9.17) is 0 Å². The first kappa shape index (κ1) is 13.3. The third-order valence-electron chi connectivity index (χ3n) is 3.15. The third kappa shape index (κ3) is 3.20. The van der Waals surface area contributed by atoms with Crippen molar-refractivity contribution in [2.45, 2.75) is 20.0 Å². The molecule has 0 atom stereocenters. The van der Waals surface area contributed by atoms with Crippen LogP contribution in [0.25, 0.3) is 0 Å². The van der Waals surface area contributed by atoms with Crippen LogP contribution in [-0.4, -0.2) is 9.49 Å². The molecule has 100 valence electrons. The molecule has 2 aromatic rings. The Labute approximate surface area is 112 Å². The largest absolute Gasteiger partial charge is 0.357 e. The van der Waals surface area contributed by atoms with Crippen LogP contribution in [0, 0.1) is 17.0 Å². The summed E-state index contributed by atoms with van der Waals surface area (Å²) in [6, 6.07) is 7.23. The van der Waals surface area contributed by atoms with Crippen LogP contribution in [0.5, 0.6) is 0 Å². The Morgan fingerprint density at radius 1 is 1.32 bits per heavy atom. The number of aromatic nitrogens is 1. The molecule has 0 amide bonds. The van der Waals surface area contributed by atoms with Crippen LogP contribution in [0.1, 0.15) is 16.7 Å². The predicted molar refractivity (Wildman–Crippen MR) is 73.8 cm³/mol. The van der Waals surface area contributed by atoms with Crippen LogP contribution >= 0.6 is 0 Å². The summed E-state index contributed by atoms with van der Waals surface area (Å²) in [4.78, 5) is 10.5. The maximum atomic E-state index is 10.9. The summed E-state index contributed by atoms with van der Waals surface area (Å²) in [5.41, 5.74) is 3.07. The average molecular weight is 259 g/mol. The lowest BCUT2D eigenvalue weighted by Crippen LogP contribution is -2.13. The van der Waals surface area contributed by atoms with E-state index in [1.807, 2.05) is 36.1 Å². The van der Waals surface area contributed by atoms with E-state index in [0.717, 1.165) is 17.7 Å². The number of nitro benzene ring substituents is 1. The third-order valence-corrected chi connectivity index (χ3v) is 3.15. The molecule has 0 saturated heterocycles. The number of benzene rings is 1. The number of nitro groups is 1. The van der Waals surface area contributed by atoms with Gasteiger partial charge in [0.2, 0.25) is 0 Å². The van der Waals surface area contributed by atoms with Crippen LogP contribution in [0.15, 0.2) is 36.7 Å². The molecule has 0 saturated carbocycles. The van der Waals surface area contributed by atoms with Crippen LogP contribution in [0.2, 0.25) is 0 Å². The molecule has 0 unspecified atom stereocenters. The highest BCUT2D eigenvalue weighted by Crippen LogP contribution is 2.20. The number of rotatable bonds is 5. The Morgan fingerprint density at radius 3 is 2.74 bits per heavy atom. The van der Waals surface area contributed by atoms with E-state index in [0.29, 0.717) is 6.54 Å². The van der Waals surface area contributed by atoms with Gasteiger partial charge in [0, 0.05) is 44.2 Å². The van der Waals surface area contributed by atoms with Crippen molar-refractivity contribution in [1.82, 2.24) is 9.88 Å². The Kier molecular flexibility index (Phi) is 3.97. The van der Waals surface area contributed by atoms with Crippen molar-refractivity contribution in [3.63, 3.8) is 0 Å². The van der Waals surface area contributed by atoms with Gasteiger partial charge >= 0.3 is 0 Å². The lowest BCUT2D eigenvalue weighted by Gasteiger charge is -2.07. The molecule has 5 nitrogen and oxygen atoms in total. The first-order valence-electron chi connectivity index (χ1n) is 6.12. The lowest BCUT2D eigenvalue weighted by molar-refractivity contribution is -0.385. The van der Waals surface area contributed by atoms with Gasteiger partial charge in [0.15, 0.2) is 0 Å². The zero-order valence-corrected chi connectivity index (χ0v) is 11.1. The second-order valence-electron chi connectivity index (χ2n) is 4.61. The highest BCUT2D eigenvalue weighted by molar-refractivity contribution is 5.44. The minimum Gasteiger partial charge on any atom is -0.357 e. The zero-order chi connectivity index (χ0) is 13.8. The molecule has 0 radical (unpaired) electrons. The monoisotopic (exact) mass is 259 g/mol. The molecular formula is C14H17N3O2. The van der Waals surface area contributed by atoms with Gasteiger partial charge in [0.1, 0.15) is 0 Å². The summed E-state index contributed by atoms with van der Waals surface area (Å²) >= 11 is 0. The summed E-state index contributed by atoms with van der Waals surface area (Å²) in [5, 5.41) is 14.2. The Morgan fingerprint density at radius 2 is 2.11 bits per heavy atom. The highest BCUT2D eigenvalue weighted by atomic mass is 16.6. The van der Waals surface area contributed by atoms with Crippen molar-refractivity contribution >= 4 is 5.69 Å². The fraction of sp³-hybridized carbons (Fsp3) is 0.286. The van der Waals surface area contributed by atoms with Crippen LogP contribution in [-0.2, 0) is 20.1 Å². The smallest absolute Gasteiger partial charge is 0.272 e. The molecule has 0 aliphatic rings. The van der Waals surface area contributed by atoms with Gasteiger partial charge < -0.3 is 9.88 Å². The fourth-order valence-corrected chi connectivity index (χ4v) is 2.07. The molecule has 5 heteroatoms. The maximum absolute atomic E-state index is 10.9.